The standard InChI is InChI=1S/C26H43N3O2/c1-4-31-17-26(30)12-10-20-19(15-26)5-6-22-21(20)9-11-25(3)23(7-8-24(22)25)18(2)16-29-14-13-27-28-29/h13-14,18-24,30H,4-12,15-17H2,1-3H3/t18?,19-,20+,21-,22-,23-,24+,25-,26-/m1/s1. The van der Waals surface area contributed by atoms with Gasteiger partial charge in [0.15, 0.2) is 0 Å². The summed E-state index contributed by atoms with van der Waals surface area (Å²) in [5.41, 5.74) is -0.0686. The quantitative estimate of drug-likeness (QED) is 0.695. The third-order valence-electron chi connectivity index (χ3n) is 10.4. The molecule has 0 saturated heterocycles. The summed E-state index contributed by atoms with van der Waals surface area (Å²) >= 11 is 0. The molecule has 31 heavy (non-hydrogen) atoms. The van der Waals surface area contributed by atoms with Crippen LogP contribution in [0.25, 0.3) is 0 Å². The minimum absolute atomic E-state index is 0.498. The Kier molecular flexibility index (Phi) is 5.96. The number of aliphatic hydroxyl groups is 1. The zero-order valence-corrected chi connectivity index (χ0v) is 19.9. The molecule has 0 aliphatic heterocycles. The first-order chi connectivity index (χ1) is 14.9. The van der Waals surface area contributed by atoms with Gasteiger partial charge in [-0.3, -0.25) is 4.68 Å². The van der Waals surface area contributed by atoms with Gasteiger partial charge in [0, 0.05) is 19.3 Å². The fourth-order valence-electron chi connectivity index (χ4n) is 9.11. The van der Waals surface area contributed by atoms with Crippen molar-refractivity contribution in [3.63, 3.8) is 0 Å². The summed E-state index contributed by atoms with van der Waals surface area (Å²) in [6.45, 7) is 9.36. The van der Waals surface area contributed by atoms with E-state index >= 15 is 0 Å². The Morgan fingerprint density at radius 2 is 1.94 bits per heavy atom. The van der Waals surface area contributed by atoms with Crippen molar-refractivity contribution in [2.45, 2.75) is 90.7 Å². The molecule has 5 nitrogen and oxygen atoms in total. The molecule has 1 aromatic heterocycles. The zero-order valence-electron chi connectivity index (χ0n) is 19.9. The Balaban J connectivity index is 1.26. The number of nitrogens with zero attached hydrogens (tertiary/aromatic N) is 3. The highest BCUT2D eigenvalue weighted by atomic mass is 16.5. The molecule has 0 amide bonds. The van der Waals surface area contributed by atoms with Gasteiger partial charge in [0.25, 0.3) is 0 Å². The molecule has 4 saturated carbocycles. The summed E-state index contributed by atoms with van der Waals surface area (Å²) in [5.74, 6) is 5.75. The molecule has 1 N–H and O–H groups in total. The van der Waals surface area contributed by atoms with Crippen molar-refractivity contribution in [3.8, 4) is 0 Å². The average Bonchev–Trinajstić information content (AvgIpc) is 3.39. The monoisotopic (exact) mass is 429 g/mol. The summed E-state index contributed by atoms with van der Waals surface area (Å²) in [7, 11) is 0. The van der Waals surface area contributed by atoms with E-state index in [1.54, 1.807) is 6.20 Å². The van der Waals surface area contributed by atoms with Crippen molar-refractivity contribution in [1.29, 1.82) is 0 Å². The second-order valence-electron chi connectivity index (χ2n) is 11.9. The second kappa shape index (κ2) is 8.44. The minimum Gasteiger partial charge on any atom is -0.387 e. The molecule has 4 fully saturated rings. The van der Waals surface area contributed by atoms with E-state index in [1.165, 1.54) is 44.9 Å². The third kappa shape index (κ3) is 3.88. The minimum atomic E-state index is -0.567. The molecule has 1 aromatic rings. The molecule has 0 radical (unpaired) electrons. The zero-order chi connectivity index (χ0) is 21.6. The van der Waals surface area contributed by atoms with Crippen molar-refractivity contribution >= 4 is 0 Å². The van der Waals surface area contributed by atoms with E-state index in [9.17, 15) is 5.11 Å². The van der Waals surface area contributed by atoms with Gasteiger partial charge in [0.1, 0.15) is 0 Å². The maximum Gasteiger partial charge on any atom is 0.0883 e. The fraction of sp³-hybridized carbons (Fsp3) is 0.923. The van der Waals surface area contributed by atoms with Crippen LogP contribution in [0.1, 0.15) is 78.6 Å². The second-order valence-corrected chi connectivity index (χ2v) is 11.9. The van der Waals surface area contributed by atoms with Crippen LogP contribution >= 0.6 is 0 Å². The van der Waals surface area contributed by atoms with Gasteiger partial charge < -0.3 is 9.84 Å². The maximum absolute atomic E-state index is 11.1. The van der Waals surface area contributed by atoms with E-state index < -0.39 is 5.60 Å². The van der Waals surface area contributed by atoms with E-state index in [2.05, 4.69) is 24.2 Å². The summed E-state index contributed by atoms with van der Waals surface area (Å²) in [6, 6.07) is 0. The molecular weight excluding hydrogens is 386 g/mol. The van der Waals surface area contributed by atoms with Gasteiger partial charge in [0.2, 0.25) is 0 Å². The Hall–Kier alpha value is -0.940. The van der Waals surface area contributed by atoms with Gasteiger partial charge in [-0.25, -0.2) is 0 Å². The van der Waals surface area contributed by atoms with Gasteiger partial charge in [-0.15, -0.1) is 5.10 Å². The van der Waals surface area contributed by atoms with Crippen molar-refractivity contribution in [1.82, 2.24) is 15.0 Å². The van der Waals surface area contributed by atoms with Crippen molar-refractivity contribution in [3.05, 3.63) is 12.4 Å². The lowest BCUT2D eigenvalue weighted by Crippen LogP contribution is -2.52. The van der Waals surface area contributed by atoms with Gasteiger partial charge >= 0.3 is 0 Å². The number of ether oxygens (including phenoxy) is 1. The molecule has 4 aliphatic carbocycles. The van der Waals surface area contributed by atoms with Gasteiger partial charge in [-0.05, 0) is 112 Å². The molecule has 4 aliphatic rings. The van der Waals surface area contributed by atoms with E-state index in [4.69, 9.17) is 4.74 Å². The van der Waals surface area contributed by atoms with Crippen LogP contribution in [0.5, 0.6) is 0 Å². The van der Waals surface area contributed by atoms with Crippen LogP contribution in [0.2, 0.25) is 0 Å². The lowest BCUT2D eigenvalue weighted by atomic mass is 9.48. The highest BCUT2D eigenvalue weighted by Crippen LogP contribution is 2.65. The van der Waals surface area contributed by atoms with Gasteiger partial charge in [-0.2, -0.15) is 0 Å². The molecule has 0 bridgehead atoms. The van der Waals surface area contributed by atoms with Crippen LogP contribution < -0.4 is 0 Å². The predicted molar refractivity (Wildman–Crippen MR) is 121 cm³/mol. The first-order valence-corrected chi connectivity index (χ1v) is 13.1. The Bertz CT molecular complexity index is 739. The number of hydrogen-bond donors (Lipinski definition) is 1. The van der Waals surface area contributed by atoms with E-state index in [-0.39, 0.29) is 0 Å². The Morgan fingerprint density at radius 3 is 2.71 bits per heavy atom. The smallest absolute Gasteiger partial charge is 0.0883 e. The number of hydrogen-bond acceptors (Lipinski definition) is 4. The summed E-state index contributed by atoms with van der Waals surface area (Å²) in [4.78, 5) is 0. The Morgan fingerprint density at radius 1 is 1.10 bits per heavy atom. The van der Waals surface area contributed by atoms with Gasteiger partial charge in [-0.1, -0.05) is 19.1 Å². The first kappa shape index (κ1) is 21.9. The van der Waals surface area contributed by atoms with Crippen molar-refractivity contribution in [2.24, 2.45) is 46.8 Å². The number of rotatable bonds is 6. The van der Waals surface area contributed by atoms with Crippen LogP contribution in [0.15, 0.2) is 12.4 Å². The Labute approximate surface area is 188 Å². The van der Waals surface area contributed by atoms with E-state index in [0.717, 1.165) is 49.0 Å². The highest BCUT2D eigenvalue weighted by Gasteiger charge is 2.58. The van der Waals surface area contributed by atoms with Gasteiger partial charge in [0.05, 0.1) is 18.4 Å². The summed E-state index contributed by atoms with van der Waals surface area (Å²) < 4.78 is 7.68. The van der Waals surface area contributed by atoms with E-state index in [0.29, 0.717) is 30.5 Å². The molecule has 174 valence electrons. The fourth-order valence-corrected chi connectivity index (χ4v) is 9.11. The molecular formula is C26H43N3O2. The highest BCUT2D eigenvalue weighted by molar-refractivity contribution is 5.07. The largest absolute Gasteiger partial charge is 0.387 e. The molecule has 1 heterocycles. The summed E-state index contributed by atoms with van der Waals surface area (Å²) in [6.07, 6.45) is 15.3. The van der Waals surface area contributed by atoms with Crippen LogP contribution in [0, 0.1) is 46.8 Å². The number of fused-ring (bicyclic) bond motifs is 5. The number of aromatic nitrogens is 3. The molecule has 1 unspecified atom stereocenters. The van der Waals surface area contributed by atoms with Crippen LogP contribution in [-0.2, 0) is 11.3 Å². The lowest BCUT2D eigenvalue weighted by Gasteiger charge is -2.57. The SMILES string of the molecule is CCOC[C@@]1(O)CC[C@H]2[C@H](CC[C@@H]3[C@@H]2CC[C@]2(C)[C@@H](C(C)Cn4ccnn4)CC[C@@H]32)C1. The average molecular weight is 430 g/mol. The topological polar surface area (TPSA) is 60.2 Å². The van der Waals surface area contributed by atoms with Crippen LogP contribution in [-0.4, -0.2) is 38.9 Å². The normalized spacial score (nSPS) is 45.5. The maximum atomic E-state index is 11.1. The molecule has 0 spiro atoms. The molecule has 5 rings (SSSR count). The van der Waals surface area contributed by atoms with Crippen LogP contribution in [0.4, 0.5) is 0 Å². The van der Waals surface area contributed by atoms with Crippen molar-refractivity contribution in [2.75, 3.05) is 13.2 Å². The molecule has 0 aromatic carbocycles. The summed E-state index contributed by atoms with van der Waals surface area (Å²) in [5, 5.41) is 19.3. The third-order valence-corrected chi connectivity index (χ3v) is 10.4. The van der Waals surface area contributed by atoms with Crippen LogP contribution in [0.3, 0.4) is 0 Å². The van der Waals surface area contributed by atoms with E-state index in [1.807, 2.05) is 17.8 Å². The molecule has 5 heteroatoms. The predicted octanol–water partition coefficient (Wildman–Crippen LogP) is 4.95. The molecule has 9 atom stereocenters. The lowest BCUT2D eigenvalue weighted by molar-refractivity contribution is -0.129. The van der Waals surface area contributed by atoms with Crippen molar-refractivity contribution < 1.29 is 9.84 Å². The first-order valence-electron chi connectivity index (χ1n) is 13.1.